The van der Waals surface area contributed by atoms with Crippen molar-refractivity contribution in [1.29, 1.82) is 0 Å². The predicted molar refractivity (Wildman–Crippen MR) is 76.9 cm³/mol. The first kappa shape index (κ1) is 16.6. The van der Waals surface area contributed by atoms with Gasteiger partial charge in [-0.15, -0.1) is 0 Å². The van der Waals surface area contributed by atoms with Crippen molar-refractivity contribution in [1.82, 2.24) is 0 Å². The largest absolute Gasteiger partial charge is 0.493 e. The lowest BCUT2D eigenvalue weighted by atomic mass is 10.0. The summed E-state index contributed by atoms with van der Waals surface area (Å²) < 4.78 is 15.6. The first-order valence-corrected chi connectivity index (χ1v) is 6.16. The van der Waals surface area contributed by atoms with Crippen molar-refractivity contribution in [2.24, 2.45) is 5.92 Å². The van der Waals surface area contributed by atoms with E-state index in [4.69, 9.17) is 19.3 Å². The molecule has 1 rings (SSSR count). The summed E-state index contributed by atoms with van der Waals surface area (Å²) >= 11 is 0. The minimum atomic E-state index is -1.19. The molecule has 1 unspecified atom stereocenters. The maximum absolute atomic E-state index is 11.3. The van der Waals surface area contributed by atoms with Crippen molar-refractivity contribution in [2.75, 3.05) is 21.3 Å². The summed E-state index contributed by atoms with van der Waals surface area (Å²) in [4.78, 5) is 22.2. The number of carboxylic acids is 1. The molecule has 6 heteroatoms. The maximum atomic E-state index is 11.3. The van der Waals surface area contributed by atoms with Gasteiger partial charge < -0.3 is 19.3 Å². The first-order valence-electron chi connectivity index (χ1n) is 6.16. The Morgan fingerprint density at radius 2 is 1.62 bits per heavy atom. The van der Waals surface area contributed by atoms with Gasteiger partial charge in [0.05, 0.1) is 21.3 Å². The van der Waals surface area contributed by atoms with Crippen LogP contribution < -0.4 is 14.2 Å². The van der Waals surface area contributed by atoms with Gasteiger partial charge in [-0.1, -0.05) is 12.2 Å². The smallest absolute Gasteiger partial charge is 0.317 e. The fourth-order valence-corrected chi connectivity index (χ4v) is 1.80. The summed E-state index contributed by atoms with van der Waals surface area (Å²) in [6, 6.07) is 3.33. The number of ether oxygens (including phenoxy) is 3. The van der Waals surface area contributed by atoms with Gasteiger partial charge in [-0.3, -0.25) is 9.59 Å². The number of carboxylic acid groups (broad SMARTS) is 1. The molecule has 1 aromatic carbocycles. The molecular weight excluding hydrogens is 276 g/mol. The summed E-state index contributed by atoms with van der Waals surface area (Å²) in [5.74, 6) is -1.46. The van der Waals surface area contributed by atoms with Crippen LogP contribution in [0.5, 0.6) is 17.2 Å². The molecule has 0 aliphatic carbocycles. The van der Waals surface area contributed by atoms with E-state index >= 15 is 0 Å². The number of rotatable bonds is 7. The molecule has 1 N–H and O–H groups in total. The molecule has 0 heterocycles. The number of hydrogen-bond acceptors (Lipinski definition) is 5. The Hall–Kier alpha value is -2.50. The van der Waals surface area contributed by atoms with E-state index in [-0.39, 0.29) is 0 Å². The molecule has 0 aliphatic heterocycles. The number of Topliss-reactive ketones (excluding diaryl/α,β-unsaturated/α-hetero) is 1. The van der Waals surface area contributed by atoms with Gasteiger partial charge in [-0.25, -0.2) is 0 Å². The van der Waals surface area contributed by atoms with Crippen molar-refractivity contribution < 1.29 is 28.9 Å². The quantitative estimate of drug-likeness (QED) is 0.775. The van der Waals surface area contributed by atoms with Crippen molar-refractivity contribution >= 4 is 17.8 Å². The molecule has 0 amide bonds. The number of aliphatic carboxylic acids is 1. The Morgan fingerprint density at radius 1 is 1.10 bits per heavy atom. The molecule has 0 aromatic heterocycles. The topological polar surface area (TPSA) is 82.1 Å². The molecule has 6 nitrogen and oxygen atoms in total. The van der Waals surface area contributed by atoms with Gasteiger partial charge in [0.1, 0.15) is 11.7 Å². The predicted octanol–water partition coefficient (Wildman–Crippen LogP) is 2.02. The van der Waals surface area contributed by atoms with Gasteiger partial charge >= 0.3 is 5.97 Å². The molecule has 0 bridgehead atoms. The summed E-state index contributed by atoms with van der Waals surface area (Å²) in [5, 5.41) is 8.96. The molecule has 0 radical (unpaired) electrons. The van der Waals surface area contributed by atoms with E-state index in [0.29, 0.717) is 22.8 Å². The van der Waals surface area contributed by atoms with E-state index in [9.17, 15) is 9.59 Å². The zero-order valence-electron chi connectivity index (χ0n) is 12.4. The number of carbonyl (C=O) groups excluding carboxylic acids is 1. The fraction of sp³-hybridized carbons (Fsp3) is 0.333. The molecule has 0 saturated heterocycles. The van der Waals surface area contributed by atoms with E-state index in [1.54, 1.807) is 12.1 Å². The summed E-state index contributed by atoms with van der Waals surface area (Å²) in [6.45, 7) is 1.23. The van der Waals surface area contributed by atoms with Crippen LogP contribution in [0.2, 0.25) is 0 Å². The van der Waals surface area contributed by atoms with E-state index in [1.165, 1.54) is 40.4 Å². The van der Waals surface area contributed by atoms with E-state index < -0.39 is 17.7 Å². The van der Waals surface area contributed by atoms with Crippen LogP contribution in [0.1, 0.15) is 12.5 Å². The zero-order chi connectivity index (χ0) is 16.0. The van der Waals surface area contributed by atoms with Crippen molar-refractivity contribution in [3.63, 3.8) is 0 Å². The Morgan fingerprint density at radius 3 is 1.95 bits per heavy atom. The van der Waals surface area contributed by atoms with Crippen molar-refractivity contribution in [3.05, 3.63) is 23.8 Å². The fourth-order valence-electron chi connectivity index (χ4n) is 1.80. The number of methoxy groups -OCH3 is 3. The second-order valence-electron chi connectivity index (χ2n) is 4.24. The zero-order valence-corrected chi connectivity index (χ0v) is 12.4. The Bertz CT molecular complexity index is 522. The van der Waals surface area contributed by atoms with E-state index in [0.717, 1.165) is 0 Å². The number of ketones is 1. The van der Waals surface area contributed by atoms with Gasteiger partial charge in [0.2, 0.25) is 5.75 Å². The molecule has 0 spiro atoms. The van der Waals surface area contributed by atoms with Crippen LogP contribution in [0.15, 0.2) is 18.2 Å². The second kappa shape index (κ2) is 7.33. The lowest BCUT2D eigenvalue weighted by Crippen LogP contribution is -2.18. The first-order chi connectivity index (χ1) is 9.94. The maximum Gasteiger partial charge on any atom is 0.317 e. The van der Waals surface area contributed by atoms with Crippen molar-refractivity contribution in [2.45, 2.75) is 6.92 Å². The molecule has 0 fully saturated rings. The van der Waals surface area contributed by atoms with E-state index in [2.05, 4.69) is 0 Å². The van der Waals surface area contributed by atoms with Crippen LogP contribution in [-0.2, 0) is 9.59 Å². The standard InChI is InChI=1S/C15H18O6/c1-9(16)11(15(17)18)6-5-10-7-12(19-2)14(21-4)13(8-10)20-3/h5-8,11H,1-4H3,(H,17,18). The van der Waals surface area contributed by atoms with Gasteiger partial charge in [-0.2, -0.15) is 0 Å². The van der Waals surface area contributed by atoms with Gasteiger partial charge in [0.25, 0.3) is 0 Å². The molecule has 1 atom stereocenters. The van der Waals surface area contributed by atoms with Gasteiger partial charge in [-0.05, 0) is 24.6 Å². The van der Waals surface area contributed by atoms with Crippen LogP contribution >= 0.6 is 0 Å². The Labute approximate surface area is 122 Å². The molecule has 21 heavy (non-hydrogen) atoms. The molecule has 0 aliphatic rings. The van der Waals surface area contributed by atoms with Crippen molar-refractivity contribution in [3.8, 4) is 17.2 Å². The number of benzene rings is 1. The van der Waals surface area contributed by atoms with Crippen LogP contribution in [0.3, 0.4) is 0 Å². The third-order valence-electron chi connectivity index (χ3n) is 2.87. The van der Waals surface area contributed by atoms with Crippen LogP contribution in [-0.4, -0.2) is 38.2 Å². The second-order valence-corrected chi connectivity index (χ2v) is 4.24. The highest BCUT2D eigenvalue weighted by Crippen LogP contribution is 2.38. The number of hydrogen-bond donors (Lipinski definition) is 1. The summed E-state index contributed by atoms with van der Waals surface area (Å²) in [7, 11) is 4.47. The summed E-state index contributed by atoms with van der Waals surface area (Å²) in [6.07, 6.45) is 2.86. The summed E-state index contributed by atoms with van der Waals surface area (Å²) in [5.41, 5.74) is 0.636. The van der Waals surface area contributed by atoms with Crippen LogP contribution in [0.4, 0.5) is 0 Å². The van der Waals surface area contributed by atoms with Gasteiger partial charge in [0.15, 0.2) is 11.5 Å². The third kappa shape index (κ3) is 3.98. The third-order valence-corrected chi connectivity index (χ3v) is 2.87. The number of carbonyl (C=O) groups is 2. The average molecular weight is 294 g/mol. The molecule has 1 aromatic rings. The van der Waals surface area contributed by atoms with Crippen LogP contribution in [0, 0.1) is 5.92 Å². The molecule has 114 valence electrons. The molecule has 0 saturated carbocycles. The SMILES string of the molecule is COc1cc(C=CC(C(C)=O)C(=O)O)cc(OC)c1OC. The van der Waals surface area contributed by atoms with Gasteiger partial charge in [0, 0.05) is 0 Å². The monoisotopic (exact) mass is 294 g/mol. The molecular formula is C15H18O6. The lowest BCUT2D eigenvalue weighted by molar-refractivity contribution is -0.143. The Kier molecular flexibility index (Phi) is 5.78. The average Bonchev–Trinajstić information content (AvgIpc) is 2.45. The Balaban J connectivity index is 3.19. The normalized spacial score (nSPS) is 12.0. The highest BCUT2D eigenvalue weighted by molar-refractivity contribution is 5.99. The lowest BCUT2D eigenvalue weighted by Gasteiger charge is -2.13. The highest BCUT2D eigenvalue weighted by atomic mass is 16.5. The van der Waals surface area contributed by atoms with E-state index in [1.807, 2.05) is 0 Å². The minimum Gasteiger partial charge on any atom is -0.493 e. The minimum absolute atomic E-state index is 0.439. The van der Waals surface area contributed by atoms with Crippen LogP contribution in [0.25, 0.3) is 6.08 Å². The highest BCUT2D eigenvalue weighted by Gasteiger charge is 2.19.